The van der Waals surface area contributed by atoms with Crippen LogP contribution in [0.15, 0.2) is 60.8 Å². The van der Waals surface area contributed by atoms with E-state index in [1.54, 1.807) is 24.4 Å². The largest absolute Gasteiger partial charge is 0.442 e. The molecule has 1 atom stereocenters. The summed E-state index contributed by atoms with van der Waals surface area (Å²) in [4.78, 5) is 30.6. The first kappa shape index (κ1) is 21.8. The molecule has 0 aliphatic carbocycles. The van der Waals surface area contributed by atoms with E-state index < -0.39 is 12.2 Å². The number of nitrogens with one attached hydrogen (secondary N) is 3. The number of hydrogen-bond donors (Lipinski definition) is 3. The minimum absolute atomic E-state index is 0.213. The lowest BCUT2D eigenvalue weighted by Crippen LogP contribution is -2.34. The smallest absolute Gasteiger partial charge is 0.414 e. The fraction of sp³-hybridized carbons (Fsp3) is 0.182. The molecule has 164 valence electrons. The minimum atomic E-state index is -0.458. The van der Waals surface area contributed by atoms with Crippen LogP contribution in [0.4, 0.5) is 16.3 Å². The Morgan fingerprint density at radius 3 is 2.72 bits per heavy atom. The van der Waals surface area contributed by atoms with Gasteiger partial charge in [-0.15, -0.1) is 11.3 Å². The third-order valence-electron chi connectivity index (χ3n) is 4.73. The molecule has 2 aromatic heterocycles. The summed E-state index contributed by atoms with van der Waals surface area (Å²) in [7, 11) is 0. The summed E-state index contributed by atoms with van der Waals surface area (Å²) >= 11 is 7.05. The number of hydrogen-bond acceptors (Lipinski definition) is 6. The van der Waals surface area contributed by atoms with Crippen LogP contribution >= 0.6 is 22.9 Å². The van der Waals surface area contributed by atoms with Gasteiger partial charge in [-0.05, 0) is 42.0 Å². The Morgan fingerprint density at radius 2 is 2.03 bits per heavy atom. The van der Waals surface area contributed by atoms with E-state index in [-0.39, 0.29) is 12.5 Å². The molecule has 2 amide bonds. The molecular weight excluding hydrogens is 450 g/mol. The third-order valence-corrected chi connectivity index (χ3v) is 5.96. The predicted molar refractivity (Wildman–Crippen MR) is 125 cm³/mol. The van der Waals surface area contributed by atoms with Gasteiger partial charge in [0, 0.05) is 18.3 Å². The first-order valence-corrected chi connectivity index (χ1v) is 11.0. The third kappa shape index (κ3) is 5.43. The lowest BCUT2D eigenvalue weighted by Gasteiger charge is -2.14. The van der Waals surface area contributed by atoms with Crippen LogP contribution in [0.3, 0.4) is 0 Å². The van der Waals surface area contributed by atoms with E-state index in [0.717, 1.165) is 5.56 Å². The zero-order valence-corrected chi connectivity index (χ0v) is 18.4. The highest BCUT2D eigenvalue weighted by atomic mass is 35.5. The van der Waals surface area contributed by atoms with E-state index in [0.29, 0.717) is 39.5 Å². The number of pyridine rings is 1. The molecule has 3 aromatic rings. The number of rotatable bonds is 7. The number of carbonyl (C=O) groups is 2. The minimum Gasteiger partial charge on any atom is -0.442 e. The Morgan fingerprint density at radius 1 is 1.22 bits per heavy atom. The maximum atomic E-state index is 12.3. The SMILES string of the molecule is N=C(Cc1ccc(N2CC(CNC(=O)c3ccc(Cl)s3)OC2=O)cc1)Nc1ccccn1. The highest BCUT2D eigenvalue weighted by molar-refractivity contribution is 7.18. The van der Waals surface area contributed by atoms with Gasteiger partial charge in [-0.1, -0.05) is 29.8 Å². The number of halogens is 1. The van der Waals surface area contributed by atoms with Crippen molar-refractivity contribution < 1.29 is 14.3 Å². The van der Waals surface area contributed by atoms with Crippen LogP contribution in [0.2, 0.25) is 4.34 Å². The summed E-state index contributed by atoms with van der Waals surface area (Å²) < 4.78 is 5.92. The number of aromatic nitrogens is 1. The van der Waals surface area contributed by atoms with Crippen LogP contribution in [0.5, 0.6) is 0 Å². The van der Waals surface area contributed by atoms with E-state index in [9.17, 15) is 9.59 Å². The van der Waals surface area contributed by atoms with Gasteiger partial charge in [-0.3, -0.25) is 15.1 Å². The normalized spacial score (nSPS) is 15.3. The number of carbonyl (C=O) groups excluding carboxylic acids is 2. The molecular formula is C22H20ClN5O3S. The quantitative estimate of drug-likeness (QED) is 0.355. The highest BCUT2D eigenvalue weighted by Crippen LogP contribution is 2.23. The van der Waals surface area contributed by atoms with Crippen molar-refractivity contribution in [2.75, 3.05) is 23.3 Å². The Labute approximate surface area is 193 Å². The molecule has 0 radical (unpaired) electrons. The van der Waals surface area contributed by atoms with Crippen LogP contribution in [0, 0.1) is 5.41 Å². The van der Waals surface area contributed by atoms with Gasteiger partial charge >= 0.3 is 6.09 Å². The van der Waals surface area contributed by atoms with Crippen LogP contribution in [-0.2, 0) is 11.2 Å². The lowest BCUT2D eigenvalue weighted by atomic mass is 10.1. The van der Waals surface area contributed by atoms with E-state index in [2.05, 4.69) is 15.6 Å². The maximum Gasteiger partial charge on any atom is 0.414 e. The zero-order valence-electron chi connectivity index (χ0n) is 16.9. The van der Waals surface area contributed by atoms with Crippen molar-refractivity contribution in [3.05, 3.63) is 75.6 Å². The number of benzene rings is 1. The topological polar surface area (TPSA) is 107 Å². The van der Waals surface area contributed by atoms with Gasteiger partial charge in [-0.2, -0.15) is 0 Å². The standard InChI is InChI=1S/C22H20ClN5O3S/c23-18-9-8-17(32-18)21(29)26-12-16-13-28(22(30)31-16)15-6-4-14(5-7-15)11-19(24)27-20-3-1-2-10-25-20/h1-10,16H,11-13H2,(H,26,29)(H2,24,25,27). The van der Waals surface area contributed by atoms with E-state index in [1.807, 2.05) is 36.4 Å². The molecule has 1 fully saturated rings. The summed E-state index contributed by atoms with van der Waals surface area (Å²) in [6.07, 6.45) is 1.16. The number of cyclic esters (lactones) is 1. The Bertz CT molecular complexity index is 1120. The Balaban J connectivity index is 1.29. The molecule has 0 spiro atoms. The number of anilines is 2. The predicted octanol–water partition coefficient (Wildman–Crippen LogP) is 4.18. The summed E-state index contributed by atoms with van der Waals surface area (Å²) in [5.41, 5.74) is 1.62. The average molecular weight is 470 g/mol. The number of nitrogens with zero attached hydrogens (tertiary/aromatic N) is 2. The molecule has 32 heavy (non-hydrogen) atoms. The maximum absolute atomic E-state index is 12.3. The Hall–Kier alpha value is -3.43. The van der Waals surface area contributed by atoms with Gasteiger partial charge in [0.2, 0.25) is 0 Å². The molecule has 3 heterocycles. The number of thiophene rings is 1. The molecule has 3 N–H and O–H groups in total. The summed E-state index contributed by atoms with van der Waals surface area (Å²) in [6.45, 7) is 0.547. The van der Waals surface area contributed by atoms with Crippen molar-refractivity contribution in [3.63, 3.8) is 0 Å². The highest BCUT2D eigenvalue weighted by Gasteiger charge is 2.32. The first-order valence-electron chi connectivity index (χ1n) is 9.84. The van der Waals surface area contributed by atoms with Gasteiger partial charge in [-0.25, -0.2) is 9.78 Å². The number of ether oxygens (including phenoxy) is 1. The zero-order chi connectivity index (χ0) is 22.5. The molecule has 4 rings (SSSR count). The lowest BCUT2D eigenvalue weighted by molar-refractivity contribution is 0.0920. The molecule has 1 saturated heterocycles. The molecule has 0 saturated carbocycles. The van der Waals surface area contributed by atoms with E-state index >= 15 is 0 Å². The van der Waals surface area contributed by atoms with Crippen molar-refractivity contribution in [1.29, 1.82) is 5.41 Å². The van der Waals surface area contributed by atoms with E-state index in [4.69, 9.17) is 21.7 Å². The molecule has 10 heteroatoms. The van der Waals surface area contributed by atoms with Gasteiger partial charge in [0.1, 0.15) is 17.8 Å². The molecule has 1 unspecified atom stereocenters. The van der Waals surface area contributed by atoms with Crippen molar-refractivity contribution >= 4 is 52.3 Å². The van der Waals surface area contributed by atoms with Crippen LogP contribution < -0.4 is 15.5 Å². The van der Waals surface area contributed by atoms with Crippen LogP contribution in [0.1, 0.15) is 15.2 Å². The second-order valence-electron chi connectivity index (χ2n) is 7.09. The first-order chi connectivity index (χ1) is 15.5. The van der Waals surface area contributed by atoms with Crippen LogP contribution in [0.25, 0.3) is 0 Å². The fourth-order valence-electron chi connectivity index (χ4n) is 3.20. The summed E-state index contributed by atoms with van der Waals surface area (Å²) in [6, 6.07) is 16.2. The van der Waals surface area contributed by atoms with Gasteiger partial charge < -0.3 is 15.4 Å². The van der Waals surface area contributed by atoms with Crippen molar-refractivity contribution in [1.82, 2.24) is 10.3 Å². The second-order valence-corrected chi connectivity index (χ2v) is 8.81. The monoisotopic (exact) mass is 469 g/mol. The molecule has 1 aromatic carbocycles. The average Bonchev–Trinajstić information content (AvgIpc) is 3.39. The number of amidine groups is 1. The molecule has 8 nitrogen and oxygen atoms in total. The second kappa shape index (κ2) is 9.80. The van der Waals surface area contributed by atoms with Crippen molar-refractivity contribution in [2.24, 2.45) is 0 Å². The summed E-state index contributed by atoms with van der Waals surface area (Å²) in [5.74, 6) is 0.691. The molecule has 0 bridgehead atoms. The van der Waals surface area contributed by atoms with Gasteiger partial charge in [0.15, 0.2) is 0 Å². The van der Waals surface area contributed by atoms with E-state index in [1.165, 1.54) is 16.2 Å². The number of amides is 2. The summed E-state index contributed by atoms with van der Waals surface area (Å²) in [5, 5.41) is 13.8. The van der Waals surface area contributed by atoms with Crippen molar-refractivity contribution in [3.8, 4) is 0 Å². The van der Waals surface area contributed by atoms with Crippen LogP contribution in [-0.4, -0.2) is 42.0 Å². The van der Waals surface area contributed by atoms with Gasteiger partial charge in [0.25, 0.3) is 5.91 Å². The van der Waals surface area contributed by atoms with Gasteiger partial charge in [0.05, 0.1) is 22.3 Å². The van der Waals surface area contributed by atoms with Crippen molar-refractivity contribution in [2.45, 2.75) is 12.5 Å². The fourth-order valence-corrected chi connectivity index (χ4v) is 4.16. The molecule has 1 aliphatic heterocycles. The Kier molecular flexibility index (Phi) is 6.67. The molecule has 1 aliphatic rings.